The first-order valence-corrected chi connectivity index (χ1v) is 6.66. The molecule has 0 bridgehead atoms. The van der Waals surface area contributed by atoms with Crippen LogP contribution in [0.5, 0.6) is 5.75 Å². The minimum Gasteiger partial charge on any atom is -0.508 e. The van der Waals surface area contributed by atoms with Crippen molar-refractivity contribution in [1.29, 1.82) is 0 Å². The van der Waals surface area contributed by atoms with Crippen molar-refractivity contribution < 1.29 is 15.3 Å². The fourth-order valence-electron chi connectivity index (χ4n) is 2.43. The predicted molar refractivity (Wildman–Crippen MR) is 78.8 cm³/mol. The molecule has 3 N–H and O–H groups in total. The van der Waals surface area contributed by atoms with Crippen LogP contribution in [0.3, 0.4) is 0 Å². The van der Waals surface area contributed by atoms with Crippen LogP contribution in [0.4, 0.5) is 0 Å². The number of benzene rings is 2. The van der Waals surface area contributed by atoms with Crippen LogP contribution in [0.15, 0.2) is 48.5 Å². The summed E-state index contributed by atoms with van der Waals surface area (Å²) in [6.07, 6.45) is 0.518. The lowest BCUT2D eigenvalue weighted by atomic mass is 9.76. The topological polar surface area (TPSA) is 60.7 Å². The summed E-state index contributed by atoms with van der Waals surface area (Å²) in [6.45, 7) is 1.73. The predicted octanol–water partition coefficient (Wildman–Crippen LogP) is 2.17. The summed E-state index contributed by atoms with van der Waals surface area (Å²) >= 11 is 0. The Hall–Kier alpha value is -1.84. The lowest BCUT2D eigenvalue weighted by molar-refractivity contribution is 0.116. The number of hydrogen-bond donors (Lipinski definition) is 3. The standard InChI is InChI=1S/C17H20O3/c1-13-3-2-4-15(9-13)17(11-18,12-19)10-14-5-7-16(20)8-6-14/h2-9,18-20H,10-12H2,1H3. The summed E-state index contributed by atoms with van der Waals surface area (Å²) in [5, 5.41) is 29.0. The van der Waals surface area contributed by atoms with Crippen molar-refractivity contribution in [3.63, 3.8) is 0 Å². The highest BCUT2D eigenvalue weighted by atomic mass is 16.3. The number of aliphatic hydroxyl groups excluding tert-OH is 2. The van der Waals surface area contributed by atoms with Crippen LogP contribution in [0.2, 0.25) is 0 Å². The molecule has 0 heterocycles. The van der Waals surface area contributed by atoms with E-state index in [1.165, 1.54) is 0 Å². The lowest BCUT2D eigenvalue weighted by Gasteiger charge is -2.31. The van der Waals surface area contributed by atoms with Crippen molar-refractivity contribution in [2.45, 2.75) is 18.8 Å². The molecule has 0 aromatic heterocycles. The Balaban J connectivity index is 2.36. The Morgan fingerprint density at radius 2 is 1.60 bits per heavy atom. The third-order valence-corrected chi connectivity index (χ3v) is 3.71. The van der Waals surface area contributed by atoms with E-state index in [-0.39, 0.29) is 19.0 Å². The second-order valence-corrected chi connectivity index (χ2v) is 5.31. The maximum absolute atomic E-state index is 9.83. The first-order valence-electron chi connectivity index (χ1n) is 6.66. The Morgan fingerprint density at radius 1 is 0.950 bits per heavy atom. The number of phenols is 1. The fourth-order valence-corrected chi connectivity index (χ4v) is 2.43. The molecule has 3 nitrogen and oxygen atoms in total. The normalized spacial score (nSPS) is 11.6. The van der Waals surface area contributed by atoms with E-state index >= 15 is 0 Å². The monoisotopic (exact) mass is 272 g/mol. The van der Waals surface area contributed by atoms with Gasteiger partial charge in [-0.05, 0) is 36.6 Å². The molecule has 0 aliphatic heterocycles. The first-order chi connectivity index (χ1) is 9.59. The molecule has 0 fully saturated rings. The van der Waals surface area contributed by atoms with E-state index in [1.54, 1.807) is 12.1 Å². The van der Waals surface area contributed by atoms with Crippen molar-refractivity contribution >= 4 is 0 Å². The second-order valence-electron chi connectivity index (χ2n) is 5.31. The number of aromatic hydroxyl groups is 1. The minimum atomic E-state index is -0.705. The molecule has 20 heavy (non-hydrogen) atoms. The van der Waals surface area contributed by atoms with Gasteiger partial charge in [-0.2, -0.15) is 0 Å². The van der Waals surface area contributed by atoms with Gasteiger partial charge in [-0.3, -0.25) is 0 Å². The molecule has 0 unspecified atom stereocenters. The fraction of sp³-hybridized carbons (Fsp3) is 0.294. The van der Waals surface area contributed by atoms with Gasteiger partial charge >= 0.3 is 0 Å². The van der Waals surface area contributed by atoms with Crippen molar-refractivity contribution in [3.05, 3.63) is 65.2 Å². The van der Waals surface area contributed by atoms with Crippen molar-refractivity contribution in [2.75, 3.05) is 13.2 Å². The van der Waals surface area contributed by atoms with E-state index in [9.17, 15) is 15.3 Å². The summed E-state index contributed by atoms with van der Waals surface area (Å²) in [4.78, 5) is 0. The van der Waals surface area contributed by atoms with Crippen LogP contribution in [-0.2, 0) is 11.8 Å². The first kappa shape index (κ1) is 14.6. The molecule has 0 spiro atoms. The van der Waals surface area contributed by atoms with E-state index in [0.717, 1.165) is 16.7 Å². The molecule has 0 atom stereocenters. The van der Waals surface area contributed by atoms with Crippen molar-refractivity contribution in [3.8, 4) is 5.75 Å². The average Bonchev–Trinajstić information content (AvgIpc) is 2.47. The summed E-state index contributed by atoms with van der Waals surface area (Å²) < 4.78 is 0. The van der Waals surface area contributed by atoms with E-state index in [1.807, 2.05) is 43.3 Å². The molecule has 2 rings (SSSR count). The zero-order chi connectivity index (χ0) is 14.6. The minimum absolute atomic E-state index is 0.131. The lowest BCUT2D eigenvalue weighted by Crippen LogP contribution is -2.37. The Labute approximate surface area is 119 Å². The Morgan fingerprint density at radius 3 is 2.15 bits per heavy atom. The molecular weight excluding hydrogens is 252 g/mol. The maximum atomic E-state index is 9.83. The van der Waals surface area contributed by atoms with Gasteiger partial charge in [-0.1, -0.05) is 42.0 Å². The van der Waals surface area contributed by atoms with E-state index < -0.39 is 5.41 Å². The molecule has 0 radical (unpaired) electrons. The van der Waals surface area contributed by atoms with Gasteiger partial charge in [-0.15, -0.1) is 0 Å². The van der Waals surface area contributed by atoms with Gasteiger partial charge in [0.25, 0.3) is 0 Å². The molecule has 0 saturated carbocycles. The van der Waals surface area contributed by atoms with Crippen LogP contribution in [-0.4, -0.2) is 28.5 Å². The quantitative estimate of drug-likeness (QED) is 0.781. The van der Waals surface area contributed by atoms with Crippen LogP contribution < -0.4 is 0 Å². The maximum Gasteiger partial charge on any atom is 0.115 e. The van der Waals surface area contributed by atoms with Crippen LogP contribution in [0.25, 0.3) is 0 Å². The molecule has 2 aromatic carbocycles. The second kappa shape index (κ2) is 6.07. The number of aryl methyl sites for hydroxylation is 1. The van der Waals surface area contributed by atoms with Gasteiger partial charge in [-0.25, -0.2) is 0 Å². The van der Waals surface area contributed by atoms with Gasteiger partial charge in [0, 0.05) is 5.41 Å². The van der Waals surface area contributed by atoms with Gasteiger partial charge in [0.2, 0.25) is 0 Å². The summed E-state index contributed by atoms with van der Waals surface area (Å²) in [7, 11) is 0. The van der Waals surface area contributed by atoms with Gasteiger partial charge in [0.1, 0.15) is 5.75 Å². The van der Waals surface area contributed by atoms with Gasteiger partial charge in [0.05, 0.1) is 13.2 Å². The van der Waals surface area contributed by atoms with Gasteiger partial charge in [0.15, 0.2) is 0 Å². The molecule has 0 saturated heterocycles. The van der Waals surface area contributed by atoms with Crippen molar-refractivity contribution in [1.82, 2.24) is 0 Å². The Bertz CT molecular complexity index is 557. The molecule has 0 amide bonds. The van der Waals surface area contributed by atoms with Gasteiger partial charge < -0.3 is 15.3 Å². The van der Waals surface area contributed by atoms with Crippen molar-refractivity contribution in [2.24, 2.45) is 0 Å². The van der Waals surface area contributed by atoms with E-state index in [4.69, 9.17) is 0 Å². The SMILES string of the molecule is Cc1cccc(C(CO)(CO)Cc2ccc(O)cc2)c1. The highest BCUT2D eigenvalue weighted by Crippen LogP contribution is 2.29. The molecular formula is C17H20O3. The molecule has 0 aliphatic carbocycles. The van der Waals surface area contributed by atoms with Crippen LogP contribution >= 0.6 is 0 Å². The molecule has 106 valence electrons. The van der Waals surface area contributed by atoms with Crippen LogP contribution in [0, 0.1) is 6.92 Å². The highest BCUT2D eigenvalue weighted by molar-refractivity contribution is 5.34. The Kier molecular flexibility index (Phi) is 4.42. The summed E-state index contributed by atoms with van der Waals surface area (Å²) in [5.41, 5.74) is 2.28. The zero-order valence-electron chi connectivity index (χ0n) is 11.6. The molecule has 3 heteroatoms. The zero-order valence-corrected chi connectivity index (χ0v) is 11.6. The van der Waals surface area contributed by atoms with E-state index in [2.05, 4.69) is 0 Å². The van der Waals surface area contributed by atoms with Crippen LogP contribution in [0.1, 0.15) is 16.7 Å². The largest absolute Gasteiger partial charge is 0.508 e. The number of hydrogen-bond acceptors (Lipinski definition) is 3. The third kappa shape index (κ3) is 3.00. The summed E-state index contributed by atoms with van der Waals surface area (Å²) in [5.74, 6) is 0.211. The highest BCUT2D eigenvalue weighted by Gasteiger charge is 2.31. The molecule has 2 aromatic rings. The third-order valence-electron chi connectivity index (χ3n) is 3.71. The number of rotatable bonds is 5. The smallest absolute Gasteiger partial charge is 0.115 e. The average molecular weight is 272 g/mol. The number of aliphatic hydroxyl groups is 2. The summed E-state index contributed by atoms with van der Waals surface area (Å²) in [6, 6.07) is 14.7. The molecule has 0 aliphatic rings. The number of phenolic OH excluding ortho intramolecular Hbond substituents is 1. The van der Waals surface area contributed by atoms with E-state index in [0.29, 0.717) is 6.42 Å².